The van der Waals surface area contributed by atoms with E-state index in [1.165, 1.54) is 12.4 Å². The molecule has 8 nitrogen and oxygen atoms in total. The number of ketones is 1. The van der Waals surface area contributed by atoms with Crippen LogP contribution in [0.25, 0.3) is 0 Å². The molecular formula is C22H23BrN4O4S. The summed E-state index contributed by atoms with van der Waals surface area (Å²) in [5.74, 6) is -0.347. The molecule has 2 atom stereocenters. The first kappa shape index (κ1) is 22.7. The van der Waals surface area contributed by atoms with Gasteiger partial charge in [0, 0.05) is 31.9 Å². The Balaban J connectivity index is 1.39. The maximum atomic E-state index is 12.2. The number of thiophene rings is 1. The Morgan fingerprint density at radius 2 is 2.16 bits per heavy atom. The molecule has 1 aliphatic heterocycles. The van der Waals surface area contributed by atoms with Crippen LogP contribution < -0.4 is 4.74 Å². The molecule has 0 spiro atoms. The van der Waals surface area contributed by atoms with Crippen LogP contribution in [0.1, 0.15) is 15.2 Å². The Morgan fingerprint density at radius 1 is 1.34 bits per heavy atom. The van der Waals surface area contributed by atoms with Gasteiger partial charge in [-0.25, -0.2) is 9.67 Å². The van der Waals surface area contributed by atoms with Gasteiger partial charge < -0.3 is 19.1 Å². The van der Waals surface area contributed by atoms with Gasteiger partial charge in [-0.05, 0) is 52.3 Å². The molecule has 0 amide bonds. The van der Waals surface area contributed by atoms with Crippen molar-refractivity contribution in [3.8, 4) is 5.75 Å². The Bertz CT molecular complexity index is 1070. The van der Waals surface area contributed by atoms with Crippen LogP contribution in [0.4, 0.5) is 0 Å². The van der Waals surface area contributed by atoms with E-state index in [1.807, 2.05) is 31.1 Å². The molecule has 1 fully saturated rings. The maximum Gasteiger partial charge on any atom is 0.225 e. The second kappa shape index (κ2) is 9.95. The molecule has 0 bridgehead atoms. The lowest BCUT2D eigenvalue weighted by Gasteiger charge is -2.26. The molecule has 2 unspecified atom stereocenters. The summed E-state index contributed by atoms with van der Waals surface area (Å²) in [6.07, 6.45) is 6.12. The Labute approximate surface area is 198 Å². The minimum Gasteiger partial charge on any atom is -0.491 e. The minimum atomic E-state index is -0.951. The van der Waals surface area contributed by atoms with E-state index >= 15 is 0 Å². The zero-order valence-electron chi connectivity index (χ0n) is 17.7. The van der Waals surface area contributed by atoms with Gasteiger partial charge in [0.2, 0.25) is 5.79 Å². The van der Waals surface area contributed by atoms with Crippen molar-refractivity contribution in [2.24, 2.45) is 0 Å². The van der Waals surface area contributed by atoms with Gasteiger partial charge in [0.25, 0.3) is 0 Å². The van der Waals surface area contributed by atoms with Crippen molar-refractivity contribution < 1.29 is 19.0 Å². The number of allylic oxidation sites excluding steroid dienone is 1. The fraction of sp³-hybridized carbons (Fsp3) is 0.318. The van der Waals surface area contributed by atoms with Crippen molar-refractivity contribution in [3.05, 3.63) is 75.6 Å². The van der Waals surface area contributed by atoms with Crippen LogP contribution in [-0.4, -0.2) is 58.9 Å². The molecule has 1 saturated heterocycles. The van der Waals surface area contributed by atoms with Crippen molar-refractivity contribution in [2.45, 2.75) is 18.4 Å². The van der Waals surface area contributed by atoms with Gasteiger partial charge in [-0.3, -0.25) is 4.79 Å². The monoisotopic (exact) mass is 518 g/mol. The summed E-state index contributed by atoms with van der Waals surface area (Å²) >= 11 is 5.06. The van der Waals surface area contributed by atoms with E-state index in [2.05, 4.69) is 26.0 Å². The Hall–Kier alpha value is -2.53. The first-order valence-corrected chi connectivity index (χ1v) is 11.6. The average Bonchev–Trinajstić information content (AvgIpc) is 3.53. The van der Waals surface area contributed by atoms with Crippen LogP contribution in [0.3, 0.4) is 0 Å². The van der Waals surface area contributed by atoms with Crippen LogP contribution in [0.15, 0.2) is 65.1 Å². The van der Waals surface area contributed by atoms with E-state index in [-0.39, 0.29) is 11.9 Å². The number of benzene rings is 1. The summed E-state index contributed by atoms with van der Waals surface area (Å²) in [4.78, 5) is 18.9. The number of ether oxygens (including phenoxy) is 3. The average molecular weight is 519 g/mol. The van der Waals surface area contributed by atoms with Crippen molar-refractivity contribution in [3.63, 3.8) is 0 Å². The highest BCUT2D eigenvalue weighted by Gasteiger charge is 2.45. The number of aromatic nitrogens is 3. The number of halogens is 1. The predicted molar refractivity (Wildman–Crippen MR) is 124 cm³/mol. The zero-order chi connectivity index (χ0) is 22.6. The van der Waals surface area contributed by atoms with Gasteiger partial charge in [-0.2, -0.15) is 5.10 Å². The number of carbonyl (C=O) groups excluding carboxylic acids is 1. The second-order valence-electron chi connectivity index (χ2n) is 7.48. The maximum absolute atomic E-state index is 12.2. The molecule has 0 saturated carbocycles. The van der Waals surface area contributed by atoms with Crippen molar-refractivity contribution in [1.29, 1.82) is 0 Å². The first-order valence-electron chi connectivity index (χ1n) is 9.95. The molecule has 0 N–H and O–H groups in total. The number of rotatable bonds is 9. The summed E-state index contributed by atoms with van der Waals surface area (Å²) in [7, 11) is 3.74. The smallest absolute Gasteiger partial charge is 0.225 e. The summed E-state index contributed by atoms with van der Waals surface area (Å²) < 4.78 is 21.1. The summed E-state index contributed by atoms with van der Waals surface area (Å²) in [5.41, 5.74) is 0.603. The standard InChI is InChI=1S/C22H23BrN4O4S/c1-26(2)10-9-19(28)16-3-5-17(6-4-16)29-11-18-12-30-22(31-18,13-27-15-24-14-25-27)20-7-8-21(23)32-20/h3-10,14-15,18H,11-13H2,1-2H3. The van der Waals surface area contributed by atoms with Crippen LogP contribution in [0.5, 0.6) is 5.75 Å². The van der Waals surface area contributed by atoms with Crippen molar-refractivity contribution >= 4 is 33.0 Å². The van der Waals surface area contributed by atoms with Gasteiger partial charge >= 0.3 is 0 Å². The van der Waals surface area contributed by atoms with E-state index in [9.17, 15) is 4.79 Å². The third-order valence-corrected chi connectivity index (χ3v) is 6.49. The molecule has 2 aromatic heterocycles. The molecule has 0 radical (unpaired) electrons. The fourth-order valence-electron chi connectivity index (χ4n) is 3.20. The Morgan fingerprint density at radius 3 is 2.81 bits per heavy atom. The van der Waals surface area contributed by atoms with Crippen molar-refractivity contribution in [1.82, 2.24) is 19.7 Å². The molecule has 0 aliphatic carbocycles. The van der Waals surface area contributed by atoms with Gasteiger partial charge in [-0.15, -0.1) is 11.3 Å². The Kier molecular flexibility index (Phi) is 7.04. The van der Waals surface area contributed by atoms with Crippen LogP contribution in [-0.2, 0) is 21.8 Å². The molecule has 1 aliphatic rings. The van der Waals surface area contributed by atoms with Crippen molar-refractivity contribution in [2.75, 3.05) is 27.3 Å². The summed E-state index contributed by atoms with van der Waals surface area (Å²) in [6.45, 7) is 1.09. The topological polar surface area (TPSA) is 78.7 Å². The molecule has 32 heavy (non-hydrogen) atoms. The van der Waals surface area contributed by atoms with Gasteiger partial charge in [0.05, 0.1) is 15.3 Å². The third kappa shape index (κ3) is 5.44. The lowest BCUT2D eigenvalue weighted by atomic mass is 10.1. The van der Waals surface area contributed by atoms with E-state index in [4.69, 9.17) is 14.2 Å². The first-order chi connectivity index (χ1) is 15.4. The number of nitrogens with zero attached hydrogens (tertiary/aromatic N) is 4. The van der Waals surface area contributed by atoms with Crippen LogP contribution in [0, 0.1) is 0 Å². The quantitative estimate of drug-likeness (QED) is 0.315. The van der Waals surface area contributed by atoms with E-state index in [0.717, 1.165) is 8.66 Å². The molecule has 168 valence electrons. The van der Waals surface area contributed by atoms with Gasteiger partial charge in [0.15, 0.2) is 5.78 Å². The predicted octanol–water partition coefficient (Wildman–Crippen LogP) is 3.71. The lowest BCUT2D eigenvalue weighted by Crippen LogP contribution is -2.33. The SMILES string of the molecule is CN(C)C=CC(=O)c1ccc(OCC2COC(Cn3cncn3)(c3ccc(Br)s3)O2)cc1. The number of hydrogen-bond donors (Lipinski definition) is 0. The molecule has 3 heterocycles. The number of hydrogen-bond acceptors (Lipinski definition) is 8. The highest BCUT2D eigenvalue weighted by atomic mass is 79.9. The summed E-state index contributed by atoms with van der Waals surface area (Å²) in [5, 5.41) is 4.19. The molecule has 1 aromatic carbocycles. The molecule has 3 aromatic rings. The largest absolute Gasteiger partial charge is 0.491 e. The fourth-order valence-corrected chi connectivity index (χ4v) is 4.67. The molecule has 4 rings (SSSR count). The normalized spacial score (nSPS) is 20.7. The minimum absolute atomic E-state index is 0.0576. The summed E-state index contributed by atoms with van der Waals surface area (Å²) in [6, 6.07) is 11.0. The van der Waals surface area contributed by atoms with Crippen LogP contribution in [0.2, 0.25) is 0 Å². The van der Waals surface area contributed by atoms with E-state index in [1.54, 1.807) is 52.8 Å². The van der Waals surface area contributed by atoms with Crippen LogP contribution >= 0.6 is 27.3 Å². The van der Waals surface area contributed by atoms with E-state index in [0.29, 0.717) is 31.1 Å². The highest BCUT2D eigenvalue weighted by Crippen LogP contribution is 2.40. The highest BCUT2D eigenvalue weighted by molar-refractivity contribution is 9.11. The second-order valence-corrected chi connectivity index (χ2v) is 9.94. The zero-order valence-corrected chi connectivity index (χ0v) is 20.1. The van der Waals surface area contributed by atoms with Gasteiger partial charge in [-0.1, -0.05) is 0 Å². The lowest BCUT2D eigenvalue weighted by molar-refractivity contribution is -0.188. The molecule has 10 heteroatoms. The van der Waals surface area contributed by atoms with Gasteiger partial charge in [0.1, 0.15) is 37.7 Å². The third-order valence-electron chi connectivity index (χ3n) is 4.74. The number of carbonyl (C=O) groups is 1. The molecular weight excluding hydrogens is 496 g/mol. The van der Waals surface area contributed by atoms with E-state index < -0.39 is 5.79 Å².